The number of anilines is 1. The highest BCUT2D eigenvalue weighted by Gasteiger charge is 2.25. The van der Waals surface area contributed by atoms with Crippen LogP contribution in [0, 0.1) is 0 Å². The van der Waals surface area contributed by atoms with Crippen LogP contribution in [0.25, 0.3) is 0 Å². The maximum atomic E-state index is 12.1. The average molecular weight is 330 g/mol. The van der Waals surface area contributed by atoms with Crippen molar-refractivity contribution in [3.05, 3.63) is 46.4 Å². The van der Waals surface area contributed by atoms with Gasteiger partial charge in [0.25, 0.3) is 5.91 Å². The molecule has 3 heterocycles. The van der Waals surface area contributed by atoms with Gasteiger partial charge in [0, 0.05) is 25.3 Å². The van der Waals surface area contributed by atoms with Gasteiger partial charge in [0.1, 0.15) is 17.8 Å². The summed E-state index contributed by atoms with van der Waals surface area (Å²) in [6, 6.07) is 3.38. The van der Waals surface area contributed by atoms with Gasteiger partial charge in [0.2, 0.25) is 0 Å². The smallest absolute Gasteiger partial charge is 0.416 e. The zero-order valence-electron chi connectivity index (χ0n) is 13.2. The van der Waals surface area contributed by atoms with Gasteiger partial charge in [-0.1, -0.05) is 0 Å². The number of carbonyl (C=O) groups excluding carboxylic acids is 2. The molecule has 1 fully saturated rings. The van der Waals surface area contributed by atoms with E-state index in [0.717, 1.165) is 25.6 Å². The molecule has 126 valence electrons. The molecule has 2 aromatic heterocycles. The molecule has 8 heteroatoms. The minimum atomic E-state index is -0.662. The van der Waals surface area contributed by atoms with E-state index in [4.69, 9.17) is 0 Å². The molecule has 0 unspecified atom stereocenters. The molecule has 0 aliphatic carbocycles. The molecule has 0 radical (unpaired) electrons. The van der Waals surface area contributed by atoms with Crippen LogP contribution in [0.2, 0.25) is 0 Å². The molecule has 1 amide bonds. The van der Waals surface area contributed by atoms with Crippen molar-refractivity contribution in [1.82, 2.24) is 15.3 Å². The molecule has 1 atom stereocenters. The molecular formula is C16H18N4O4. The fraction of sp³-hybridized carbons (Fsp3) is 0.375. The van der Waals surface area contributed by atoms with E-state index in [1.165, 1.54) is 6.92 Å². The Morgan fingerprint density at radius 2 is 2.29 bits per heavy atom. The number of aromatic amines is 1. The summed E-state index contributed by atoms with van der Waals surface area (Å²) >= 11 is 0. The number of aromatic nitrogens is 2. The monoisotopic (exact) mass is 330 g/mol. The second kappa shape index (κ2) is 6.69. The van der Waals surface area contributed by atoms with E-state index in [1.54, 1.807) is 18.3 Å². The standard InChI is InChI=1S/C16H18N4O4/c1-10(21)12-5-2-6-17-14(12)20-7-3-4-11(8-20)18-15(22)13-9-24-16(23)19-13/h2,5-6,9,11H,3-4,7-8H2,1H3,(H,18,22)(H,19,23)/t11-/m1/s1. The van der Waals surface area contributed by atoms with Gasteiger partial charge in [-0.2, -0.15) is 0 Å². The predicted molar refractivity (Wildman–Crippen MR) is 86.3 cm³/mol. The number of oxazole rings is 1. The first kappa shape index (κ1) is 16.0. The van der Waals surface area contributed by atoms with E-state index < -0.39 is 5.76 Å². The lowest BCUT2D eigenvalue weighted by Gasteiger charge is -2.34. The molecule has 2 N–H and O–H groups in total. The van der Waals surface area contributed by atoms with Crippen LogP contribution in [-0.4, -0.2) is 40.8 Å². The van der Waals surface area contributed by atoms with E-state index in [2.05, 4.69) is 19.7 Å². The summed E-state index contributed by atoms with van der Waals surface area (Å²) in [5.41, 5.74) is 0.669. The average Bonchev–Trinajstić information content (AvgIpc) is 3.02. The number of pyridine rings is 1. The minimum Gasteiger partial charge on any atom is -0.416 e. The number of H-pyrrole nitrogens is 1. The second-order valence-electron chi connectivity index (χ2n) is 5.75. The second-order valence-corrected chi connectivity index (χ2v) is 5.75. The van der Waals surface area contributed by atoms with Crippen molar-refractivity contribution in [2.24, 2.45) is 0 Å². The number of amides is 1. The van der Waals surface area contributed by atoms with E-state index >= 15 is 0 Å². The molecule has 24 heavy (non-hydrogen) atoms. The fourth-order valence-corrected chi connectivity index (χ4v) is 2.87. The number of piperidine rings is 1. The number of rotatable bonds is 4. The molecule has 8 nitrogen and oxygen atoms in total. The first-order chi connectivity index (χ1) is 11.5. The van der Waals surface area contributed by atoms with Crippen LogP contribution in [0.4, 0.5) is 5.82 Å². The Labute approximate surface area is 137 Å². The molecule has 0 spiro atoms. The largest absolute Gasteiger partial charge is 0.416 e. The molecule has 1 aliphatic rings. The summed E-state index contributed by atoms with van der Waals surface area (Å²) < 4.78 is 4.58. The van der Waals surface area contributed by atoms with E-state index in [0.29, 0.717) is 17.9 Å². The van der Waals surface area contributed by atoms with Crippen molar-refractivity contribution < 1.29 is 14.0 Å². The van der Waals surface area contributed by atoms with Crippen molar-refractivity contribution in [3.63, 3.8) is 0 Å². The van der Waals surface area contributed by atoms with Crippen LogP contribution in [0.1, 0.15) is 40.6 Å². The van der Waals surface area contributed by atoms with Gasteiger partial charge < -0.3 is 14.6 Å². The normalized spacial score (nSPS) is 17.5. The van der Waals surface area contributed by atoms with Crippen LogP contribution in [0.3, 0.4) is 0 Å². The Morgan fingerprint density at radius 3 is 3.00 bits per heavy atom. The van der Waals surface area contributed by atoms with Gasteiger partial charge in [-0.15, -0.1) is 0 Å². The SMILES string of the molecule is CC(=O)c1cccnc1N1CCC[C@@H](NC(=O)c2coc(=O)[nH]2)C1. The third kappa shape index (κ3) is 3.37. The lowest BCUT2D eigenvalue weighted by atomic mass is 10.0. The highest BCUT2D eigenvalue weighted by atomic mass is 16.4. The number of nitrogens with one attached hydrogen (secondary N) is 2. The third-order valence-corrected chi connectivity index (χ3v) is 3.99. The maximum absolute atomic E-state index is 12.1. The van der Waals surface area contributed by atoms with Gasteiger partial charge in [0.15, 0.2) is 5.78 Å². The number of Topliss-reactive ketones (excluding diaryl/α,β-unsaturated/α-hetero) is 1. The Bertz CT molecular complexity index is 810. The zero-order chi connectivity index (χ0) is 17.1. The number of ketones is 1. The molecule has 0 aromatic carbocycles. The van der Waals surface area contributed by atoms with Gasteiger partial charge in [-0.3, -0.25) is 14.6 Å². The molecule has 0 bridgehead atoms. The van der Waals surface area contributed by atoms with E-state index in [9.17, 15) is 14.4 Å². The lowest BCUT2D eigenvalue weighted by molar-refractivity contribution is 0.0926. The topological polar surface area (TPSA) is 108 Å². The van der Waals surface area contributed by atoms with Gasteiger partial charge in [0.05, 0.1) is 5.56 Å². The van der Waals surface area contributed by atoms with Crippen LogP contribution in [0.15, 0.2) is 33.8 Å². The molecule has 2 aromatic rings. The van der Waals surface area contributed by atoms with Gasteiger partial charge in [-0.25, -0.2) is 9.78 Å². The maximum Gasteiger partial charge on any atom is 0.416 e. The zero-order valence-corrected chi connectivity index (χ0v) is 13.2. The lowest BCUT2D eigenvalue weighted by Crippen LogP contribution is -2.48. The highest BCUT2D eigenvalue weighted by molar-refractivity contribution is 5.98. The highest BCUT2D eigenvalue weighted by Crippen LogP contribution is 2.22. The minimum absolute atomic E-state index is 0.0415. The summed E-state index contributed by atoms with van der Waals surface area (Å²) in [6.07, 6.45) is 4.43. The summed E-state index contributed by atoms with van der Waals surface area (Å²) in [7, 11) is 0. The summed E-state index contributed by atoms with van der Waals surface area (Å²) in [5, 5.41) is 2.87. The Kier molecular flexibility index (Phi) is 4.45. The summed E-state index contributed by atoms with van der Waals surface area (Å²) in [6.45, 7) is 2.83. The quantitative estimate of drug-likeness (QED) is 0.809. The number of hydrogen-bond donors (Lipinski definition) is 2. The van der Waals surface area contributed by atoms with Gasteiger partial charge >= 0.3 is 5.76 Å². The molecular weight excluding hydrogens is 312 g/mol. The van der Waals surface area contributed by atoms with Gasteiger partial charge in [-0.05, 0) is 31.9 Å². The third-order valence-electron chi connectivity index (χ3n) is 3.99. The van der Waals surface area contributed by atoms with E-state index in [-0.39, 0.29) is 23.4 Å². The number of hydrogen-bond acceptors (Lipinski definition) is 6. The number of nitrogens with zero attached hydrogens (tertiary/aromatic N) is 2. The fourth-order valence-electron chi connectivity index (χ4n) is 2.87. The van der Waals surface area contributed by atoms with E-state index in [1.807, 2.05) is 4.90 Å². The molecule has 1 aliphatic heterocycles. The first-order valence-corrected chi connectivity index (χ1v) is 7.74. The molecule has 0 saturated carbocycles. The van der Waals surface area contributed by atoms with Crippen molar-refractivity contribution in [2.75, 3.05) is 18.0 Å². The number of carbonyl (C=O) groups is 2. The summed E-state index contributed by atoms with van der Waals surface area (Å²) in [4.78, 5) is 43.5. The Hall–Kier alpha value is -2.90. The van der Waals surface area contributed by atoms with Crippen LogP contribution in [-0.2, 0) is 0 Å². The van der Waals surface area contributed by atoms with Crippen molar-refractivity contribution in [1.29, 1.82) is 0 Å². The molecule has 3 rings (SSSR count). The summed E-state index contributed by atoms with van der Waals surface area (Å²) in [5.74, 6) is -0.452. The van der Waals surface area contributed by atoms with Crippen LogP contribution < -0.4 is 16.0 Å². The first-order valence-electron chi connectivity index (χ1n) is 7.74. The van der Waals surface area contributed by atoms with Crippen molar-refractivity contribution in [2.45, 2.75) is 25.8 Å². The Balaban J connectivity index is 1.72. The van der Waals surface area contributed by atoms with Crippen molar-refractivity contribution in [3.8, 4) is 0 Å². The predicted octanol–water partition coefficient (Wildman–Crippen LogP) is 0.964. The van der Waals surface area contributed by atoms with Crippen LogP contribution >= 0.6 is 0 Å². The van der Waals surface area contributed by atoms with Crippen LogP contribution in [0.5, 0.6) is 0 Å². The Morgan fingerprint density at radius 1 is 1.46 bits per heavy atom. The van der Waals surface area contributed by atoms with Crippen molar-refractivity contribution >= 4 is 17.5 Å². The molecule has 1 saturated heterocycles.